The Bertz CT molecular complexity index is 747. The van der Waals surface area contributed by atoms with Crippen molar-refractivity contribution in [2.45, 2.75) is 20.8 Å². The number of benzene rings is 1. The zero-order valence-electron chi connectivity index (χ0n) is 13.9. The number of aryl methyl sites for hydroxylation is 2. The van der Waals surface area contributed by atoms with Crippen molar-refractivity contribution in [3.63, 3.8) is 0 Å². The van der Waals surface area contributed by atoms with Gasteiger partial charge in [0, 0.05) is 5.56 Å². The van der Waals surface area contributed by atoms with Crippen LogP contribution in [0.1, 0.15) is 34.4 Å². The molecule has 6 nitrogen and oxygen atoms in total. The topological polar surface area (TPSA) is 73.1 Å². The van der Waals surface area contributed by atoms with E-state index in [1.165, 1.54) is 0 Å². The van der Waals surface area contributed by atoms with Crippen molar-refractivity contribution in [1.29, 1.82) is 0 Å². The minimum Gasteiger partial charge on any atom is -0.493 e. The van der Waals surface area contributed by atoms with Gasteiger partial charge in [-0.1, -0.05) is 0 Å². The van der Waals surface area contributed by atoms with Crippen LogP contribution in [-0.4, -0.2) is 25.8 Å². The maximum absolute atomic E-state index is 12.1. The van der Waals surface area contributed by atoms with E-state index in [1.54, 1.807) is 53.2 Å². The summed E-state index contributed by atoms with van der Waals surface area (Å²) < 4.78 is 15.8. The molecule has 2 rings (SSSR count). The molecule has 0 fully saturated rings. The SMILES string of the molecule is COc1ccc(/C(C)=N\NC(=O)c2cc(C)oc2C)cc1OC. The third-order valence-corrected chi connectivity index (χ3v) is 3.41. The number of carbonyl (C=O) groups is 1. The smallest absolute Gasteiger partial charge is 0.274 e. The Balaban J connectivity index is 2.16. The molecule has 6 heteroatoms. The van der Waals surface area contributed by atoms with Gasteiger partial charge in [0.1, 0.15) is 11.5 Å². The molecule has 0 unspecified atom stereocenters. The van der Waals surface area contributed by atoms with Gasteiger partial charge in [-0.2, -0.15) is 5.10 Å². The lowest BCUT2D eigenvalue weighted by molar-refractivity contribution is 0.0953. The summed E-state index contributed by atoms with van der Waals surface area (Å²) in [5.74, 6) is 2.19. The van der Waals surface area contributed by atoms with E-state index in [1.807, 2.05) is 6.07 Å². The van der Waals surface area contributed by atoms with Crippen LogP contribution in [0.25, 0.3) is 0 Å². The largest absolute Gasteiger partial charge is 0.493 e. The van der Waals surface area contributed by atoms with E-state index in [9.17, 15) is 4.79 Å². The molecule has 0 saturated carbocycles. The number of nitrogens with zero attached hydrogens (tertiary/aromatic N) is 1. The number of nitrogens with one attached hydrogen (secondary N) is 1. The molecule has 1 amide bonds. The number of carbonyl (C=O) groups excluding carboxylic acids is 1. The van der Waals surface area contributed by atoms with E-state index >= 15 is 0 Å². The summed E-state index contributed by atoms with van der Waals surface area (Å²) in [6, 6.07) is 7.13. The molecule has 0 aliphatic carbocycles. The van der Waals surface area contributed by atoms with E-state index in [4.69, 9.17) is 13.9 Å². The molecule has 1 heterocycles. The van der Waals surface area contributed by atoms with Crippen molar-refractivity contribution in [2.75, 3.05) is 14.2 Å². The summed E-state index contributed by atoms with van der Waals surface area (Å²) in [7, 11) is 3.15. The highest BCUT2D eigenvalue weighted by molar-refractivity contribution is 6.01. The van der Waals surface area contributed by atoms with Crippen LogP contribution in [0.3, 0.4) is 0 Å². The summed E-state index contributed by atoms with van der Waals surface area (Å²) in [6.07, 6.45) is 0. The van der Waals surface area contributed by atoms with Gasteiger partial charge in [-0.15, -0.1) is 0 Å². The number of amides is 1. The summed E-state index contributed by atoms with van der Waals surface area (Å²) in [5.41, 5.74) is 4.48. The first-order valence-electron chi connectivity index (χ1n) is 7.10. The van der Waals surface area contributed by atoms with Crippen LogP contribution in [-0.2, 0) is 0 Å². The molecule has 2 aromatic rings. The maximum atomic E-state index is 12.1. The van der Waals surface area contributed by atoms with Crippen molar-refractivity contribution in [2.24, 2.45) is 5.10 Å². The van der Waals surface area contributed by atoms with Crippen molar-refractivity contribution >= 4 is 11.6 Å². The van der Waals surface area contributed by atoms with Crippen molar-refractivity contribution in [1.82, 2.24) is 5.43 Å². The number of hydrazone groups is 1. The molecule has 1 aromatic carbocycles. The van der Waals surface area contributed by atoms with Crippen LogP contribution >= 0.6 is 0 Å². The molecule has 1 N–H and O–H groups in total. The molecular formula is C17H20N2O4. The van der Waals surface area contributed by atoms with Crippen LogP contribution in [0.4, 0.5) is 0 Å². The lowest BCUT2D eigenvalue weighted by Crippen LogP contribution is -2.19. The Morgan fingerprint density at radius 1 is 1.13 bits per heavy atom. The summed E-state index contributed by atoms with van der Waals surface area (Å²) in [4.78, 5) is 12.1. The molecule has 0 saturated heterocycles. The van der Waals surface area contributed by atoms with Gasteiger partial charge in [-0.3, -0.25) is 4.79 Å². The Kier molecular flexibility index (Phi) is 5.05. The fourth-order valence-electron chi connectivity index (χ4n) is 2.18. The van der Waals surface area contributed by atoms with Gasteiger partial charge >= 0.3 is 0 Å². The molecule has 0 radical (unpaired) electrons. The van der Waals surface area contributed by atoms with Gasteiger partial charge in [-0.05, 0) is 45.0 Å². The highest BCUT2D eigenvalue weighted by atomic mass is 16.5. The van der Waals surface area contributed by atoms with E-state index in [2.05, 4.69) is 10.5 Å². The fraction of sp³-hybridized carbons (Fsp3) is 0.294. The third kappa shape index (κ3) is 3.71. The van der Waals surface area contributed by atoms with Gasteiger partial charge in [0.15, 0.2) is 11.5 Å². The van der Waals surface area contributed by atoms with Crippen molar-refractivity contribution < 1.29 is 18.7 Å². The van der Waals surface area contributed by atoms with Crippen molar-refractivity contribution in [3.8, 4) is 11.5 Å². The number of ether oxygens (including phenoxy) is 2. The zero-order valence-corrected chi connectivity index (χ0v) is 13.9. The lowest BCUT2D eigenvalue weighted by Gasteiger charge is -2.09. The quantitative estimate of drug-likeness (QED) is 0.679. The third-order valence-electron chi connectivity index (χ3n) is 3.41. The normalized spacial score (nSPS) is 11.3. The molecule has 0 bridgehead atoms. The van der Waals surface area contributed by atoms with Crippen LogP contribution in [0.5, 0.6) is 11.5 Å². The first kappa shape index (κ1) is 16.6. The number of furan rings is 1. The molecular weight excluding hydrogens is 296 g/mol. The lowest BCUT2D eigenvalue weighted by atomic mass is 10.1. The van der Waals surface area contributed by atoms with Gasteiger partial charge in [0.25, 0.3) is 5.91 Å². The molecule has 0 spiro atoms. The number of hydrogen-bond acceptors (Lipinski definition) is 5. The monoisotopic (exact) mass is 316 g/mol. The van der Waals surface area contributed by atoms with Gasteiger partial charge in [-0.25, -0.2) is 5.43 Å². The zero-order chi connectivity index (χ0) is 17.0. The predicted octanol–water partition coefficient (Wildman–Crippen LogP) is 3.07. The minimum atomic E-state index is -0.306. The van der Waals surface area contributed by atoms with Crippen LogP contribution in [0, 0.1) is 13.8 Å². The van der Waals surface area contributed by atoms with E-state index in [0.29, 0.717) is 34.3 Å². The first-order valence-corrected chi connectivity index (χ1v) is 7.10. The van der Waals surface area contributed by atoms with Crippen LogP contribution in [0.2, 0.25) is 0 Å². The number of hydrogen-bond donors (Lipinski definition) is 1. The standard InChI is InChI=1S/C17H20N2O4/c1-10-8-14(12(3)23-10)17(20)19-18-11(2)13-6-7-15(21-4)16(9-13)22-5/h6-9H,1-5H3,(H,19,20)/b18-11-. The Labute approximate surface area is 135 Å². The maximum Gasteiger partial charge on any atom is 0.274 e. The van der Waals surface area contributed by atoms with E-state index < -0.39 is 0 Å². The molecule has 23 heavy (non-hydrogen) atoms. The Hall–Kier alpha value is -2.76. The highest BCUT2D eigenvalue weighted by Crippen LogP contribution is 2.27. The molecule has 0 aliphatic rings. The van der Waals surface area contributed by atoms with Gasteiger partial charge in [0.2, 0.25) is 0 Å². The highest BCUT2D eigenvalue weighted by Gasteiger charge is 2.13. The Morgan fingerprint density at radius 2 is 1.83 bits per heavy atom. The average Bonchev–Trinajstić information content (AvgIpc) is 2.90. The van der Waals surface area contributed by atoms with Gasteiger partial charge < -0.3 is 13.9 Å². The fourth-order valence-corrected chi connectivity index (χ4v) is 2.18. The molecule has 0 atom stereocenters. The summed E-state index contributed by atoms with van der Waals surface area (Å²) in [5, 5.41) is 4.13. The summed E-state index contributed by atoms with van der Waals surface area (Å²) in [6.45, 7) is 5.34. The van der Waals surface area contributed by atoms with Crippen LogP contribution < -0.4 is 14.9 Å². The predicted molar refractivity (Wildman–Crippen MR) is 87.4 cm³/mol. The average molecular weight is 316 g/mol. The van der Waals surface area contributed by atoms with E-state index in [0.717, 1.165) is 5.56 Å². The number of methoxy groups -OCH3 is 2. The second-order valence-electron chi connectivity index (χ2n) is 5.03. The minimum absolute atomic E-state index is 0.306. The summed E-state index contributed by atoms with van der Waals surface area (Å²) >= 11 is 0. The second-order valence-corrected chi connectivity index (χ2v) is 5.03. The van der Waals surface area contributed by atoms with E-state index in [-0.39, 0.29) is 5.91 Å². The first-order chi connectivity index (χ1) is 11.0. The Morgan fingerprint density at radius 3 is 2.39 bits per heavy atom. The van der Waals surface area contributed by atoms with Crippen molar-refractivity contribution in [3.05, 3.63) is 46.9 Å². The van der Waals surface area contributed by atoms with Crippen LogP contribution in [0.15, 0.2) is 33.8 Å². The number of rotatable bonds is 5. The second kappa shape index (κ2) is 7.00. The molecule has 122 valence electrons. The molecule has 1 aromatic heterocycles. The molecule has 0 aliphatic heterocycles. The van der Waals surface area contributed by atoms with Gasteiger partial charge in [0.05, 0.1) is 25.5 Å².